The molecule has 2 heterocycles. The smallest absolute Gasteiger partial charge is 0.239 e. The largest absolute Gasteiger partial charge is 0.246 e. The number of sulfonamides is 1. The Morgan fingerprint density at radius 2 is 1.92 bits per heavy atom. The lowest BCUT2D eigenvalue weighted by Crippen LogP contribution is -2.38. The molecule has 136 valence electrons. The summed E-state index contributed by atoms with van der Waals surface area (Å²) in [6.45, 7) is 0.291. The molecule has 1 saturated heterocycles. The van der Waals surface area contributed by atoms with Gasteiger partial charge in [-0.2, -0.15) is 4.31 Å². The van der Waals surface area contributed by atoms with E-state index >= 15 is 0 Å². The highest BCUT2D eigenvalue weighted by molar-refractivity contribution is 7.89. The fraction of sp³-hybridized carbons (Fsp3) is 0.278. The fourth-order valence-corrected chi connectivity index (χ4v) is 6.17. The summed E-state index contributed by atoms with van der Waals surface area (Å²) in [6.07, 6.45) is 2.20. The predicted molar refractivity (Wildman–Crippen MR) is 96.5 cm³/mol. The number of halogens is 2. The third-order valence-electron chi connectivity index (χ3n) is 4.53. The Bertz CT molecular complexity index is 1030. The van der Waals surface area contributed by atoms with Crippen molar-refractivity contribution in [2.45, 2.75) is 30.2 Å². The molecule has 0 amide bonds. The van der Waals surface area contributed by atoms with E-state index in [1.807, 2.05) is 24.3 Å². The molecule has 26 heavy (non-hydrogen) atoms. The van der Waals surface area contributed by atoms with Crippen molar-refractivity contribution >= 4 is 31.6 Å². The summed E-state index contributed by atoms with van der Waals surface area (Å²) in [5.41, 5.74) is 0.823. The zero-order chi connectivity index (χ0) is 18.3. The maximum absolute atomic E-state index is 14.1. The van der Waals surface area contributed by atoms with Crippen LogP contribution in [0.25, 0.3) is 10.2 Å². The van der Waals surface area contributed by atoms with E-state index < -0.39 is 32.6 Å². The molecule has 1 aliphatic rings. The monoisotopic (exact) mass is 394 g/mol. The van der Waals surface area contributed by atoms with Gasteiger partial charge in [0, 0.05) is 12.6 Å². The molecular formula is C18H16F2N2O2S2. The molecule has 2 aromatic carbocycles. The third kappa shape index (κ3) is 3.02. The van der Waals surface area contributed by atoms with Gasteiger partial charge < -0.3 is 0 Å². The van der Waals surface area contributed by atoms with Crippen molar-refractivity contribution in [1.82, 2.24) is 9.29 Å². The van der Waals surface area contributed by atoms with E-state index in [1.165, 1.54) is 15.6 Å². The van der Waals surface area contributed by atoms with Crippen molar-refractivity contribution in [2.75, 3.05) is 6.54 Å². The number of nitrogens with zero attached hydrogens (tertiary/aromatic N) is 2. The van der Waals surface area contributed by atoms with Gasteiger partial charge in [-0.15, -0.1) is 11.3 Å². The first-order valence-electron chi connectivity index (χ1n) is 8.29. The third-order valence-corrected chi connectivity index (χ3v) is 7.61. The van der Waals surface area contributed by atoms with Crippen LogP contribution in [0.3, 0.4) is 0 Å². The molecule has 1 aliphatic heterocycles. The Balaban J connectivity index is 1.77. The Morgan fingerprint density at radius 3 is 2.69 bits per heavy atom. The molecule has 0 saturated carbocycles. The van der Waals surface area contributed by atoms with Gasteiger partial charge in [-0.05, 0) is 37.1 Å². The summed E-state index contributed by atoms with van der Waals surface area (Å²) in [6, 6.07) is 9.74. The number of rotatable bonds is 3. The molecule has 1 aromatic heterocycles. The van der Waals surface area contributed by atoms with Gasteiger partial charge >= 0.3 is 0 Å². The second-order valence-electron chi connectivity index (χ2n) is 6.22. The highest BCUT2D eigenvalue weighted by Crippen LogP contribution is 2.39. The molecule has 8 heteroatoms. The minimum atomic E-state index is -4.09. The molecule has 1 unspecified atom stereocenters. The van der Waals surface area contributed by atoms with Gasteiger partial charge in [-0.25, -0.2) is 22.2 Å². The number of benzene rings is 2. The number of thiazole rings is 1. The molecule has 0 bridgehead atoms. The van der Waals surface area contributed by atoms with Crippen molar-refractivity contribution in [2.24, 2.45) is 0 Å². The van der Waals surface area contributed by atoms with E-state index in [2.05, 4.69) is 4.98 Å². The zero-order valence-corrected chi connectivity index (χ0v) is 15.4. The predicted octanol–water partition coefficient (Wildman–Crippen LogP) is 4.49. The first-order chi connectivity index (χ1) is 12.5. The number of piperidine rings is 1. The van der Waals surface area contributed by atoms with Crippen molar-refractivity contribution in [3.8, 4) is 0 Å². The van der Waals surface area contributed by atoms with Crippen LogP contribution in [0.1, 0.15) is 30.3 Å². The van der Waals surface area contributed by atoms with Crippen molar-refractivity contribution in [3.63, 3.8) is 0 Å². The Morgan fingerprint density at radius 1 is 1.12 bits per heavy atom. The van der Waals surface area contributed by atoms with Crippen molar-refractivity contribution in [3.05, 3.63) is 59.1 Å². The first kappa shape index (κ1) is 17.5. The number of fused-ring (bicyclic) bond motifs is 1. The lowest BCUT2D eigenvalue weighted by Gasteiger charge is -2.33. The van der Waals surface area contributed by atoms with Crippen LogP contribution in [-0.4, -0.2) is 24.3 Å². The summed E-state index contributed by atoms with van der Waals surface area (Å²) in [5, 5.41) is 0.706. The SMILES string of the molecule is O=S(=O)(c1ccc(F)cc1F)N1CCCCC1c1nc2ccccc2s1. The second-order valence-corrected chi connectivity index (χ2v) is 9.14. The highest BCUT2D eigenvalue weighted by Gasteiger charge is 2.37. The lowest BCUT2D eigenvalue weighted by atomic mass is 10.1. The van der Waals surface area contributed by atoms with Gasteiger partial charge in [0.05, 0.1) is 16.3 Å². The highest BCUT2D eigenvalue weighted by atomic mass is 32.2. The van der Waals surface area contributed by atoms with Crippen molar-refractivity contribution < 1.29 is 17.2 Å². The molecule has 1 fully saturated rings. The maximum atomic E-state index is 14.1. The van der Waals surface area contributed by atoms with E-state index in [-0.39, 0.29) is 0 Å². The van der Waals surface area contributed by atoms with Crippen molar-refractivity contribution in [1.29, 1.82) is 0 Å². The van der Waals surface area contributed by atoms with Crippen LogP contribution in [0.4, 0.5) is 8.78 Å². The molecule has 3 aromatic rings. The van der Waals surface area contributed by atoms with Gasteiger partial charge in [0.1, 0.15) is 21.5 Å². The number of aromatic nitrogens is 1. The summed E-state index contributed by atoms with van der Waals surface area (Å²) in [5.74, 6) is -1.87. The molecule has 1 atom stereocenters. The maximum Gasteiger partial charge on any atom is 0.246 e. The Hall–Kier alpha value is -1.90. The molecule has 0 radical (unpaired) electrons. The van der Waals surface area contributed by atoms with Gasteiger partial charge in [-0.1, -0.05) is 18.6 Å². The minimum Gasteiger partial charge on any atom is -0.239 e. The standard InChI is InChI=1S/C18H16F2N2O2S2/c19-12-8-9-17(13(20)11-12)26(23,24)22-10-4-3-6-15(22)18-21-14-5-1-2-7-16(14)25-18/h1-2,5,7-9,11,15H,3-4,6,10H2. The summed E-state index contributed by atoms with van der Waals surface area (Å²) < 4.78 is 55.7. The lowest BCUT2D eigenvalue weighted by molar-refractivity contribution is 0.255. The Kier molecular flexibility index (Phi) is 4.50. The van der Waals surface area contributed by atoms with Crippen LogP contribution in [0.15, 0.2) is 47.4 Å². The van der Waals surface area contributed by atoms with E-state index in [0.29, 0.717) is 30.5 Å². The van der Waals surface area contributed by atoms with Gasteiger partial charge in [0.2, 0.25) is 10.0 Å². The van der Waals surface area contributed by atoms with E-state index in [0.717, 1.165) is 28.8 Å². The van der Waals surface area contributed by atoms with E-state index in [1.54, 1.807) is 0 Å². The topological polar surface area (TPSA) is 50.3 Å². The van der Waals surface area contributed by atoms with Crippen LogP contribution in [0.2, 0.25) is 0 Å². The average Bonchev–Trinajstić information content (AvgIpc) is 3.05. The summed E-state index contributed by atoms with van der Waals surface area (Å²) >= 11 is 1.45. The van der Waals surface area contributed by atoms with Gasteiger partial charge in [0.15, 0.2) is 0 Å². The first-order valence-corrected chi connectivity index (χ1v) is 10.5. The molecule has 0 aliphatic carbocycles. The molecule has 0 spiro atoms. The Labute approximate surface area is 154 Å². The van der Waals surface area contributed by atoms with E-state index in [4.69, 9.17) is 0 Å². The number of para-hydroxylation sites is 1. The minimum absolute atomic E-state index is 0.291. The van der Waals surface area contributed by atoms with Gasteiger partial charge in [-0.3, -0.25) is 0 Å². The number of hydrogen-bond donors (Lipinski definition) is 0. The number of hydrogen-bond acceptors (Lipinski definition) is 4. The average molecular weight is 394 g/mol. The quantitative estimate of drug-likeness (QED) is 0.658. The molecular weight excluding hydrogens is 378 g/mol. The van der Waals surface area contributed by atoms with Crippen LogP contribution < -0.4 is 0 Å². The second kappa shape index (κ2) is 6.68. The van der Waals surface area contributed by atoms with Crippen LogP contribution in [0.5, 0.6) is 0 Å². The summed E-state index contributed by atoms with van der Waals surface area (Å²) in [7, 11) is -4.09. The van der Waals surface area contributed by atoms with Crippen LogP contribution >= 0.6 is 11.3 Å². The van der Waals surface area contributed by atoms with Crippen LogP contribution in [0, 0.1) is 11.6 Å². The molecule has 0 N–H and O–H groups in total. The van der Waals surface area contributed by atoms with Crippen LogP contribution in [-0.2, 0) is 10.0 Å². The fourth-order valence-electron chi connectivity index (χ4n) is 3.28. The molecule has 4 nitrogen and oxygen atoms in total. The summed E-state index contributed by atoms with van der Waals surface area (Å²) in [4.78, 5) is 4.10. The molecule has 4 rings (SSSR count). The zero-order valence-electron chi connectivity index (χ0n) is 13.7. The van der Waals surface area contributed by atoms with E-state index in [9.17, 15) is 17.2 Å². The normalized spacial score (nSPS) is 19.1. The van der Waals surface area contributed by atoms with Gasteiger partial charge in [0.25, 0.3) is 0 Å².